The van der Waals surface area contributed by atoms with Crippen molar-refractivity contribution in [3.63, 3.8) is 0 Å². The van der Waals surface area contributed by atoms with Crippen LogP contribution in [0.1, 0.15) is 63.1 Å². The number of thioether (sulfide) groups is 1. The summed E-state index contributed by atoms with van der Waals surface area (Å²) in [6.45, 7) is 0. The summed E-state index contributed by atoms with van der Waals surface area (Å²) in [5, 5.41) is 1.41. The lowest BCUT2D eigenvalue weighted by Crippen LogP contribution is -2.60. The van der Waals surface area contributed by atoms with Crippen LogP contribution in [0, 0.1) is 11.8 Å². The van der Waals surface area contributed by atoms with Gasteiger partial charge in [-0.2, -0.15) is 11.8 Å². The molecule has 2 aromatic carbocycles. The average Bonchev–Trinajstić information content (AvgIpc) is 3.32. The molecule has 8 rings (SSSR count). The van der Waals surface area contributed by atoms with Crippen LogP contribution in [0.5, 0.6) is 0 Å². The van der Waals surface area contributed by atoms with Crippen molar-refractivity contribution >= 4 is 43.6 Å². The number of hydrogen-bond acceptors (Lipinski definition) is 5. The lowest BCUT2D eigenvalue weighted by Gasteiger charge is -2.54. The van der Waals surface area contributed by atoms with Gasteiger partial charge in [0.1, 0.15) is 5.82 Å². The third-order valence-electron chi connectivity index (χ3n) is 10.5. The zero-order valence-electron chi connectivity index (χ0n) is 22.7. The van der Waals surface area contributed by atoms with E-state index in [9.17, 15) is 0 Å². The van der Waals surface area contributed by atoms with Crippen molar-refractivity contribution in [3.05, 3.63) is 66.5 Å². The zero-order chi connectivity index (χ0) is 26.8. The van der Waals surface area contributed by atoms with Gasteiger partial charge in [0.05, 0.1) is 0 Å². The van der Waals surface area contributed by atoms with Gasteiger partial charge in [-0.25, -0.2) is 15.0 Å². The van der Waals surface area contributed by atoms with Gasteiger partial charge in [0.2, 0.25) is 0 Å². The molecule has 2 saturated heterocycles. The summed E-state index contributed by atoms with van der Waals surface area (Å²) in [6.07, 6.45) is 10.4. The second-order valence-electron chi connectivity index (χ2n) is 12.7. The largest absolute Gasteiger partial charge is 0.292 e. The van der Waals surface area contributed by atoms with Crippen LogP contribution >= 0.6 is 43.6 Å². The molecule has 0 bridgehead atoms. The molecule has 3 aromatic rings. The third-order valence-corrected chi connectivity index (χ3v) is 13.8. The van der Waals surface area contributed by atoms with Gasteiger partial charge in [-0.15, -0.1) is 0 Å². The SMILES string of the molecule is BrC1CCC2C(C1)SC1CC(c3nc(-c4ccccc4)nc(-c4ccccc4)n3)CC3C4CC(Br)CCC4N2C13. The maximum Gasteiger partial charge on any atom is 0.163 e. The molecule has 0 spiro atoms. The monoisotopic (exact) mass is 678 g/mol. The fourth-order valence-corrected chi connectivity index (χ4v) is 12.6. The third kappa shape index (κ3) is 4.62. The number of rotatable bonds is 3. The number of benzene rings is 2. The molecule has 10 atom stereocenters. The van der Waals surface area contributed by atoms with E-state index in [1.165, 1.54) is 51.4 Å². The van der Waals surface area contributed by atoms with Crippen LogP contribution in [-0.4, -0.2) is 58.1 Å². The Bertz CT molecular complexity index is 1300. The highest BCUT2D eigenvalue weighted by Gasteiger charge is 2.61. The molecule has 2 aliphatic heterocycles. The predicted molar refractivity (Wildman–Crippen MR) is 171 cm³/mol. The van der Waals surface area contributed by atoms with Gasteiger partial charge >= 0.3 is 0 Å². The molecule has 1 aromatic heterocycles. The molecule has 0 radical (unpaired) electrons. The Labute approximate surface area is 258 Å². The molecular formula is C33H36Br2N4S. The van der Waals surface area contributed by atoms with E-state index in [1.807, 2.05) is 0 Å². The minimum Gasteiger partial charge on any atom is -0.292 e. The van der Waals surface area contributed by atoms with Gasteiger partial charge in [0, 0.05) is 55.3 Å². The van der Waals surface area contributed by atoms with Gasteiger partial charge in [0.25, 0.3) is 0 Å². The Morgan fingerprint density at radius 1 is 0.625 bits per heavy atom. The molecule has 4 nitrogen and oxygen atoms in total. The van der Waals surface area contributed by atoms with Crippen LogP contribution < -0.4 is 0 Å². The highest BCUT2D eigenvalue weighted by molar-refractivity contribution is 9.09. The van der Waals surface area contributed by atoms with Crippen LogP contribution in [0.4, 0.5) is 0 Å². The molecule has 0 N–H and O–H groups in total. The van der Waals surface area contributed by atoms with Crippen LogP contribution in [0.15, 0.2) is 60.7 Å². The van der Waals surface area contributed by atoms with E-state index in [0.29, 0.717) is 20.8 Å². The standard InChI is InChI=1S/C33H36Br2N4S/c34-22-11-13-26-24(17-22)25-15-21(16-29-30(25)39(26)27-14-12-23(35)18-28(27)40-29)33-37-31(19-7-3-1-4-8-19)36-32(38-33)20-9-5-2-6-10-20/h1-10,21-30H,11-18H2. The van der Waals surface area contributed by atoms with Crippen molar-refractivity contribution in [2.75, 3.05) is 0 Å². The molecule has 10 unspecified atom stereocenters. The van der Waals surface area contributed by atoms with E-state index in [4.69, 9.17) is 15.0 Å². The van der Waals surface area contributed by atoms with E-state index < -0.39 is 0 Å². The van der Waals surface area contributed by atoms with Crippen LogP contribution in [0.25, 0.3) is 22.8 Å². The first-order valence-electron chi connectivity index (χ1n) is 15.2. The summed E-state index contributed by atoms with van der Waals surface area (Å²) < 4.78 is 0. The van der Waals surface area contributed by atoms with Crippen molar-refractivity contribution in [2.24, 2.45) is 11.8 Å². The van der Waals surface area contributed by atoms with Gasteiger partial charge in [-0.05, 0) is 63.2 Å². The molecule has 208 valence electrons. The fraction of sp³-hybridized carbons (Fsp3) is 0.545. The Hall–Kier alpha value is -1.28. The Kier molecular flexibility index (Phi) is 7.10. The molecule has 3 aliphatic carbocycles. The van der Waals surface area contributed by atoms with Crippen LogP contribution in [-0.2, 0) is 0 Å². The second-order valence-corrected chi connectivity index (χ2v) is 16.7. The fourth-order valence-electron chi connectivity index (χ4n) is 8.89. The Morgan fingerprint density at radius 2 is 1.25 bits per heavy atom. The first kappa shape index (κ1) is 26.4. The number of halogens is 2. The van der Waals surface area contributed by atoms with E-state index in [0.717, 1.165) is 63.8 Å². The lowest BCUT2D eigenvalue weighted by molar-refractivity contribution is 0.0617. The molecular weight excluding hydrogens is 644 g/mol. The molecule has 3 saturated carbocycles. The highest BCUT2D eigenvalue weighted by atomic mass is 79.9. The van der Waals surface area contributed by atoms with Crippen molar-refractivity contribution in [1.82, 2.24) is 19.9 Å². The Balaban J connectivity index is 1.19. The molecule has 3 heterocycles. The van der Waals surface area contributed by atoms with E-state index in [1.54, 1.807) is 0 Å². The molecule has 0 amide bonds. The van der Waals surface area contributed by atoms with E-state index >= 15 is 0 Å². The van der Waals surface area contributed by atoms with E-state index in [2.05, 4.69) is 109 Å². The first-order valence-corrected chi connectivity index (χ1v) is 18.0. The molecule has 40 heavy (non-hydrogen) atoms. The summed E-state index contributed by atoms with van der Waals surface area (Å²) in [4.78, 5) is 19.9. The summed E-state index contributed by atoms with van der Waals surface area (Å²) in [5.41, 5.74) is 2.14. The maximum absolute atomic E-state index is 5.22. The maximum atomic E-state index is 5.22. The van der Waals surface area contributed by atoms with Crippen LogP contribution in [0.2, 0.25) is 0 Å². The van der Waals surface area contributed by atoms with E-state index in [-0.39, 0.29) is 0 Å². The van der Waals surface area contributed by atoms with Crippen LogP contribution in [0.3, 0.4) is 0 Å². The minimum atomic E-state index is 0.378. The van der Waals surface area contributed by atoms with Crippen molar-refractivity contribution in [2.45, 2.75) is 95.6 Å². The Morgan fingerprint density at radius 3 is 1.93 bits per heavy atom. The number of nitrogens with zero attached hydrogens (tertiary/aromatic N) is 4. The quantitative estimate of drug-likeness (QED) is 0.262. The number of alkyl halides is 2. The second kappa shape index (κ2) is 10.8. The number of fused-ring (bicyclic) bond motifs is 5. The molecule has 5 aliphatic rings. The first-order chi connectivity index (χ1) is 19.6. The van der Waals surface area contributed by atoms with Crippen molar-refractivity contribution < 1.29 is 0 Å². The topological polar surface area (TPSA) is 41.9 Å². The predicted octanol–water partition coefficient (Wildman–Crippen LogP) is 8.12. The average molecular weight is 681 g/mol. The summed E-state index contributed by atoms with van der Waals surface area (Å²) in [7, 11) is 0. The van der Waals surface area contributed by atoms with Gasteiger partial charge in [-0.3, -0.25) is 4.90 Å². The minimum absolute atomic E-state index is 0.378. The van der Waals surface area contributed by atoms with Gasteiger partial charge in [0.15, 0.2) is 11.6 Å². The summed E-state index contributed by atoms with van der Waals surface area (Å²) in [6, 6.07) is 23.2. The summed E-state index contributed by atoms with van der Waals surface area (Å²) >= 11 is 10.4. The van der Waals surface area contributed by atoms with Crippen molar-refractivity contribution in [1.29, 1.82) is 0 Å². The van der Waals surface area contributed by atoms with Crippen molar-refractivity contribution in [3.8, 4) is 22.8 Å². The molecule has 5 fully saturated rings. The smallest absolute Gasteiger partial charge is 0.163 e. The summed E-state index contributed by atoms with van der Waals surface area (Å²) in [5.74, 6) is 4.53. The van der Waals surface area contributed by atoms with Gasteiger partial charge < -0.3 is 0 Å². The lowest BCUT2D eigenvalue weighted by atomic mass is 9.70. The van der Waals surface area contributed by atoms with Gasteiger partial charge in [-0.1, -0.05) is 92.5 Å². The highest BCUT2D eigenvalue weighted by Crippen LogP contribution is 2.60. The number of aromatic nitrogens is 3. The normalized spacial score (nSPS) is 38.8. The number of hydrogen-bond donors (Lipinski definition) is 0. The zero-order valence-corrected chi connectivity index (χ0v) is 26.6. The molecule has 7 heteroatoms.